The van der Waals surface area contributed by atoms with Crippen LogP contribution in [0.15, 0.2) is 28.9 Å². The van der Waals surface area contributed by atoms with Crippen LogP contribution in [-0.4, -0.2) is 18.1 Å². The predicted octanol–water partition coefficient (Wildman–Crippen LogP) is 2.29. The zero-order valence-electron chi connectivity index (χ0n) is 8.57. The van der Waals surface area contributed by atoms with Gasteiger partial charge in [0.1, 0.15) is 5.52 Å². The summed E-state index contributed by atoms with van der Waals surface area (Å²) in [7, 11) is 0. The van der Waals surface area contributed by atoms with Crippen molar-refractivity contribution in [1.82, 2.24) is 10.3 Å². The maximum absolute atomic E-state index is 5.28. The number of hydrogen-bond donors (Lipinski definition) is 1. The van der Waals surface area contributed by atoms with E-state index in [2.05, 4.69) is 16.4 Å². The minimum absolute atomic E-state index is 0.568. The molecule has 3 rings (SSSR count). The molecule has 0 aliphatic carbocycles. The molecule has 0 aromatic carbocycles. The minimum atomic E-state index is 0.568. The van der Waals surface area contributed by atoms with Crippen molar-refractivity contribution in [3.05, 3.63) is 30.2 Å². The Hall–Kier alpha value is -1.35. The smallest absolute Gasteiger partial charge is 0.152 e. The van der Waals surface area contributed by atoms with E-state index >= 15 is 0 Å². The first kappa shape index (κ1) is 8.92. The molecule has 0 radical (unpaired) electrons. The third kappa shape index (κ3) is 1.63. The molecule has 1 atom stereocenters. The van der Waals surface area contributed by atoms with Gasteiger partial charge in [-0.3, -0.25) is 0 Å². The molecule has 1 aliphatic rings. The summed E-state index contributed by atoms with van der Waals surface area (Å²) in [5, 5.41) is 3.41. The molecule has 15 heavy (non-hydrogen) atoms. The van der Waals surface area contributed by atoms with Crippen LogP contribution in [0.25, 0.3) is 11.1 Å². The lowest BCUT2D eigenvalue weighted by Crippen LogP contribution is -2.28. The molecule has 0 spiro atoms. The van der Waals surface area contributed by atoms with Crippen molar-refractivity contribution in [3.63, 3.8) is 0 Å². The molecule has 0 bridgehead atoms. The Labute approximate surface area is 88.5 Å². The Balaban J connectivity index is 1.95. The molecule has 2 aromatic heterocycles. The van der Waals surface area contributed by atoms with Gasteiger partial charge in [0.2, 0.25) is 0 Å². The number of fused-ring (bicyclic) bond motifs is 1. The molecule has 0 amide bonds. The number of furan rings is 1. The zero-order chi connectivity index (χ0) is 10.1. The third-order valence-electron chi connectivity index (χ3n) is 3.04. The first-order valence-electron chi connectivity index (χ1n) is 5.48. The van der Waals surface area contributed by atoms with E-state index in [-0.39, 0.29) is 0 Å². The molecule has 1 aliphatic heterocycles. The summed E-state index contributed by atoms with van der Waals surface area (Å²) in [6.07, 6.45) is 4.18. The van der Waals surface area contributed by atoms with Gasteiger partial charge in [-0.05, 0) is 31.5 Å². The maximum Gasteiger partial charge on any atom is 0.152 e. The number of aromatic nitrogens is 1. The second-order valence-corrected chi connectivity index (χ2v) is 4.08. The van der Waals surface area contributed by atoms with Crippen LogP contribution in [0, 0.1) is 0 Å². The standard InChI is InChI=1S/C12H14N2O/c1-2-9(8-13-6-1)10-3-4-12-11(14-10)5-7-15-12/h3-5,7,9,13H,1-2,6,8H2. The van der Waals surface area contributed by atoms with E-state index in [0.29, 0.717) is 5.92 Å². The number of piperidine rings is 1. The van der Waals surface area contributed by atoms with Crippen LogP contribution in [-0.2, 0) is 0 Å². The predicted molar refractivity (Wildman–Crippen MR) is 58.9 cm³/mol. The quantitative estimate of drug-likeness (QED) is 0.771. The largest absolute Gasteiger partial charge is 0.463 e. The molecule has 3 nitrogen and oxygen atoms in total. The normalized spacial score (nSPS) is 22.0. The molecule has 1 fully saturated rings. The second kappa shape index (κ2) is 3.66. The Bertz CT molecular complexity index is 457. The van der Waals surface area contributed by atoms with E-state index in [9.17, 15) is 0 Å². The number of nitrogens with one attached hydrogen (secondary N) is 1. The Kier molecular flexibility index (Phi) is 2.18. The third-order valence-corrected chi connectivity index (χ3v) is 3.04. The van der Waals surface area contributed by atoms with E-state index in [1.807, 2.05) is 12.1 Å². The Morgan fingerprint density at radius 3 is 3.20 bits per heavy atom. The fourth-order valence-corrected chi connectivity index (χ4v) is 2.20. The van der Waals surface area contributed by atoms with Gasteiger partial charge in [-0.1, -0.05) is 0 Å². The minimum Gasteiger partial charge on any atom is -0.463 e. The van der Waals surface area contributed by atoms with Gasteiger partial charge in [-0.15, -0.1) is 0 Å². The highest BCUT2D eigenvalue weighted by Crippen LogP contribution is 2.23. The van der Waals surface area contributed by atoms with Crippen LogP contribution in [0.1, 0.15) is 24.5 Å². The van der Waals surface area contributed by atoms with Gasteiger partial charge < -0.3 is 9.73 Å². The lowest BCUT2D eigenvalue weighted by molar-refractivity contribution is 0.455. The van der Waals surface area contributed by atoms with Crippen molar-refractivity contribution in [1.29, 1.82) is 0 Å². The summed E-state index contributed by atoms with van der Waals surface area (Å²) >= 11 is 0. The lowest BCUT2D eigenvalue weighted by atomic mass is 9.95. The van der Waals surface area contributed by atoms with Gasteiger partial charge in [0, 0.05) is 24.2 Å². The number of rotatable bonds is 1. The van der Waals surface area contributed by atoms with E-state index < -0.39 is 0 Å². The molecule has 1 N–H and O–H groups in total. The summed E-state index contributed by atoms with van der Waals surface area (Å²) in [5.74, 6) is 0.568. The summed E-state index contributed by atoms with van der Waals surface area (Å²) < 4.78 is 5.28. The average molecular weight is 202 g/mol. The van der Waals surface area contributed by atoms with Crippen LogP contribution in [0.5, 0.6) is 0 Å². The van der Waals surface area contributed by atoms with Crippen molar-refractivity contribution in [2.24, 2.45) is 0 Å². The number of nitrogens with zero attached hydrogens (tertiary/aromatic N) is 1. The fourth-order valence-electron chi connectivity index (χ4n) is 2.20. The lowest BCUT2D eigenvalue weighted by Gasteiger charge is -2.22. The molecule has 0 saturated carbocycles. The molecule has 78 valence electrons. The molecule has 3 heteroatoms. The topological polar surface area (TPSA) is 38.1 Å². The zero-order valence-corrected chi connectivity index (χ0v) is 8.57. The van der Waals surface area contributed by atoms with Crippen molar-refractivity contribution in [2.75, 3.05) is 13.1 Å². The van der Waals surface area contributed by atoms with Gasteiger partial charge in [0.05, 0.1) is 6.26 Å². The molecular weight excluding hydrogens is 188 g/mol. The summed E-state index contributed by atoms with van der Waals surface area (Å²) in [5.41, 5.74) is 3.04. The average Bonchev–Trinajstić information content (AvgIpc) is 2.77. The Morgan fingerprint density at radius 1 is 1.33 bits per heavy atom. The fraction of sp³-hybridized carbons (Fsp3) is 0.417. The molecule has 2 aromatic rings. The first-order valence-corrected chi connectivity index (χ1v) is 5.48. The van der Waals surface area contributed by atoms with Gasteiger partial charge >= 0.3 is 0 Å². The van der Waals surface area contributed by atoms with E-state index in [4.69, 9.17) is 4.42 Å². The van der Waals surface area contributed by atoms with Gasteiger partial charge in [-0.2, -0.15) is 0 Å². The Morgan fingerprint density at radius 2 is 2.33 bits per heavy atom. The number of hydrogen-bond acceptors (Lipinski definition) is 3. The van der Waals surface area contributed by atoms with E-state index in [1.165, 1.54) is 18.5 Å². The van der Waals surface area contributed by atoms with Crippen molar-refractivity contribution >= 4 is 11.1 Å². The van der Waals surface area contributed by atoms with Crippen LogP contribution >= 0.6 is 0 Å². The van der Waals surface area contributed by atoms with Gasteiger partial charge in [-0.25, -0.2) is 4.98 Å². The number of pyridine rings is 1. The maximum atomic E-state index is 5.28. The molecule has 3 heterocycles. The first-order chi connectivity index (χ1) is 7.43. The van der Waals surface area contributed by atoms with Crippen LogP contribution in [0.4, 0.5) is 0 Å². The van der Waals surface area contributed by atoms with Crippen LogP contribution in [0.3, 0.4) is 0 Å². The second-order valence-electron chi connectivity index (χ2n) is 4.08. The van der Waals surface area contributed by atoms with Crippen molar-refractivity contribution < 1.29 is 4.42 Å². The highest BCUT2D eigenvalue weighted by atomic mass is 16.3. The highest BCUT2D eigenvalue weighted by molar-refractivity contribution is 5.72. The van der Waals surface area contributed by atoms with Crippen LogP contribution < -0.4 is 5.32 Å². The van der Waals surface area contributed by atoms with Crippen molar-refractivity contribution in [2.45, 2.75) is 18.8 Å². The van der Waals surface area contributed by atoms with E-state index in [1.54, 1.807) is 6.26 Å². The van der Waals surface area contributed by atoms with Crippen molar-refractivity contribution in [3.8, 4) is 0 Å². The van der Waals surface area contributed by atoms with Gasteiger partial charge in [0.15, 0.2) is 5.58 Å². The monoisotopic (exact) mass is 202 g/mol. The van der Waals surface area contributed by atoms with E-state index in [0.717, 1.165) is 24.2 Å². The molecular formula is C12H14N2O. The van der Waals surface area contributed by atoms with Crippen LogP contribution in [0.2, 0.25) is 0 Å². The highest BCUT2D eigenvalue weighted by Gasteiger charge is 2.16. The molecule has 1 unspecified atom stereocenters. The van der Waals surface area contributed by atoms with Gasteiger partial charge in [0.25, 0.3) is 0 Å². The molecule has 1 saturated heterocycles. The summed E-state index contributed by atoms with van der Waals surface area (Å²) in [4.78, 5) is 4.63. The summed E-state index contributed by atoms with van der Waals surface area (Å²) in [6, 6.07) is 6.03. The summed E-state index contributed by atoms with van der Waals surface area (Å²) in [6.45, 7) is 2.20. The SMILES string of the molecule is c1cc2nc(C3CCCNC3)ccc2o1.